The fourth-order valence-corrected chi connectivity index (χ4v) is 3.89. The zero-order valence-corrected chi connectivity index (χ0v) is 14.0. The van der Waals surface area contributed by atoms with Gasteiger partial charge in [-0.2, -0.15) is 0 Å². The van der Waals surface area contributed by atoms with Gasteiger partial charge in [0.25, 0.3) is 0 Å². The van der Waals surface area contributed by atoms with Gasteiger partial charge in [-0.05, 0) is 38.7 Å². The van der Waals surface area contributed by atoms with E-state index in [4.69, 9.17) is 0 Å². The molecule has 118 valence electrons. The van der Waals surface area contributed by atoms with Gasteiger partial charge in [0.05, 0.1) is 5.75 Å². The van der Waals surface area contributed by atoms with Crippen LogP contribution in [0.2, 0.25) is 0 Å². The Hall–Kier alpha value is -0.910. The van der Waals surface area contributed by atoms with Crippen LogP contribution in [-0.2, 0) is 15.6 Å². The first-order valence-electron chi connectivity index (χ1n) is 7.69. The van der Waals surface area contributed by atoms with E-state index in [1.807, 2.05) is 13.8 Å². The molecule has 21 heavy (non-hydrogen) atoms. The van der Waals surface area contributed by atoms with Crippen molar-refractivity contribution in [2.75, 3.05) is 12.3 Å². The molecule has 2 N–H and O–H groups in total. The molecule has 1 aliphatic rings. The minimum atomic E-state index is -3.12. The molecule has 4 nitrogen and oxygen atoms in total. The highest BCUT2D eigenvalue weighted by atomic mass is 32.2. The van der Waals surface area contributed by atoms with Crippen LogP contribution in [0.3, 0.4) is 0 Å². The topological polar surface area (TPSA) is 58.2 Å². The lowest BCUT2D eigenvalue weighted by molar-refractivity contribution is 0.434. The summed E-state index contributed by atoms with van der Waals surface area (Å²) in [6, 6.07) is 8.66. The second-order valence-corrected chi connectivity index (χ2v) is 8.09. The van der Waals surface area contributed by atoms with Crippen LogP contribution in [-0.4, -0.2) is 26.8 Å². The average Bonchev–Trinajstić information content (AvgIpc) is 3.18. The van der Waals surface area contributed by atoms with E-state index in [0.717, 1.165) is 12.8 Å². The van der Waals surface area contributed by atoms with E-state index in [2.05, 4.69) is 41.2 Å². The molecular formula is C16H26N2O2S. The maximum Gasteiger partial charge on any atom is 0.211 e. The first kappa shape index (κ1) is 16.5. The molecule has 0 unspecified atom stereocenters. The van der Waals surface area contributed by atoms with Gasteiger partial charge < -0.3 is 5.32 Å². The van der Waals surface area contributed by atoms with E-state index in [-0.39, 0.29) is 17.3 Å². The Kier molecular flexibility index (Phi) is 5.07. The molecule has 0 bridgehead atoms. The smallest absolute Gasteiger partial charge is 0.211 e. The van der Waals surface area contributed by atoms with E-state index < -0.39 is 10.0 Å². The highest BCUT2D eigenvalue weighted by molar-refractivity contribution is 7.89. The molecule has 0 spiro atoms. The fraction of sp³-hybridized carbons (Fsp3) is 0.625. The first-order chi connectivity index (χ1) is 9.87. The Morgan fingerprint density at radius 2 is 2.05 bits per heavy atom. The van der Waals surface area contributed by atoms with Crippen molar-refractivity contribution in [2.45, 2.75) is 51.6 Å². The molecule has 1 aromatic carbocycles. The average molecular weight is 310 g/mol. The van der Waals surface area contributed by atoms with Gasteiger partial charge in [-0.25, -0.2) is 13.1 Å². The van der Waals surface area contributed by atoms with Gasteiger partial charge in [0.2, 0.25) is 10.0 Å². The first-order valence-corrected chi connectivity index (χ1v) is 9.34. The lowest BCUT2D eigenvalue weighted by atomic mass is 10.0. The van der Waals surface area contributed by atoms with E-state index in [1.54, 1.807) is 0 Å². The maximum absolute atomic E-state index is 11.7. The van der Waals surface area contributed by atoms with Crippen molar-refractivity contribution in [3.8, 4) is 0 Å². The van der Waals surface area contributed by atoms with Crippen molar-refractivity contribution in [1.82, 2.24) is 10.0 Å². The zero-order chi connectivity index (χ0) is 15.5. The van der Waals surface area contributed by atoms with Gasteiger partial charge in [0, 0.05) is 18.1 Å². The summed E-state index contributed by atoms with van der Waals surface area (Å²) in [4.78, 5) is 0. The van der Waals surface area contributed by atoms with Gasteiger partial charge >= 0.3 is 0 Å². The number of hydrogen-bond acceptors (Lipinski definition) is 3. The van der Waals surface area contributed by atoms with E-state index in [9.17, 15) is 8.42 Å². The number of benzene rings is 1. The van der Waals surface area contributed by atoms with Crippen LogP contribution in [0.5, 0.6) is 0 Å². The summed E-state index contributed by atoms with van der Waals surface area (Å²) in [5.74, 6) is 0.197. The van der Waals surface area contributed by atoms with Crippen LogP contribution >= 0.6 is 0 Å². The van der Waals surface area contributed by atoms with Crippen LogP contribution in [0.15, 0.2) is 24.3 Å². The molecule has 0 amide bonds. The summed E-state index contributed by atoms with van der Waals surface area (Å²) >= 11 is 0. The summed E-state index contributed by atoms with van der Waals surface area (Å²) in [5.41, 5.74) is 2.62. The largest absolute Gasteiger partial charge is 0.304 e. The predicted molar refractivity (Wildman–Crippen MR) is 86.8 cm³/mol. The standard InChI is InChI=1S/C16H26N2O2S/c1-4-10-21(19,20)17-12-14(3)18-16(8-9-16)15-7-5-6-13(2)11-15/h5-7,11,14,17-18H,4,8-10,12H2,1-3H3/t14-/m0/s1. The fourth-order valence-electron chi connectivity index (χ4n) is 2.70. The van der Waals surface area contributed by atoms with Crippen molar-refractivity contribution in [3.05, 3.63) is 35.4 Å². The number of hydrogen-bond donors (Lipinski definition) is 2. The number of sulfonamides is 1. The van der Waals surface area contributed by atoms with Crippen molar-refractivity contribution in [1.29, 1.82) is 0 Å². The summed E-state index contributed by atoms with van der Waals surface area (Å²) in [5, 5.41) is 3.60. The molecule has 1 aromatic rings. The second-order valence-electron chi connectivity index (χ2n) is 6.16. The Morgan fingerprint density at radius 3 is 2.62 bits per heavy atom. The van der Waals surface area contributed by atoms with E-state index in [1.165, 1.54) is 11.1 Å². The van der Waals surface area contributed by atoms with Crippen LogP contribution < -0.4 is 10.0 Å². The van der Waals surface area contributed by atoms with Crippen molar-refractivity contribution < 1.29 is 8.42 Å². The third kappa shape index (κ3) is 4.53. The SMILES string of the molecule is CCCS(=O)(=O)NC[C@H](C)NC1(c2cccc(C)c2)CC1. The molecule has 5 heteroatoms. The molecule has 0 radical (unpaired) electrons. The predicted octanol–water partition coefficient (Wildman–Crippen LogP) is 2.29. The molecule has 0 heterocycles. The van der Waals surface area contributed by atoms with Crippen molar-refractivity contribution in [2.24, 2.45) is 0 Å². The Balaban J connectivity index is 1.92. The molecule has 1 saturated carbocycles. The third-order valence-corrected chi connectivity index (χ3v) is 5.48. The van der Waals surface area contributed by atoms with Gasteiger partial charge in [-0.3, -0.25) is 0 Å². The minimum Gasteiger partial charge on any atom is -0.304 e. The lowest BCUT2D eigenvalue weighted by Gasteiger charge is -2.24. The lowest BCUT2D eigenvalue weighted by Crippen LogP contribution is -2.44. The van der Waals surface area contributed by atoms with Crippen molar-refractivity contribution in [3.63, 3.8) is 0 Å². The molecule has 0 saturated heterocycles. The normalized spacial score (nSPS) is 18.4. The molecule has 0 aromatic heterocycles. The monoisotopic (exact) mass is 310 g/mol. The highest BCUT2D eigenvalue weighted by Gasteiger charge is 2.44. The summed E-state index contributed by atoms with van der Waals surface area (Å²) in [6.07, 6.45) is 2.87. The third-order valence-electron chi connectivity index (χ3n) is 3.93. The van der Waals surface area contributed by atoms with Crippen LogP contribution in [0.4, 0.5) is 0 Å². The molecule has 0 aliphatic heterocycles. The zero-order valence-electron chi connectivity index (χ0n) is 13.1. The van der Waals surface area contributed by atoms with Crippen LogP contribution in [0, 0.1) is 6.92 Å². The van der Waals surface area contributed by atoms with Gasteiger partial charge in [-0.15, -0.1) is 0 Å². The quantitative estimate of drug-likeness (QED) is 0.774. The maximum atomic E-state index is 11.7. The van der Waals surface area contributed by atoms with E-state index in [0.29, 0.717) is 13.0 Å². The number of rotatable bonds is 8. The number of nitrogens with one attached hydrogen (secondary N) is 2. The molecule has 1 fully saturated rings. The van der Waals surface area contributed by atoms with Gasteiger partial charge in [0.1, 0.15) is 0 Å². The molecule has 1 atom stereocenters. The van der Waals surface area contributed by atoms with Gasteiger partial charge in [-0.1, -0.05) is 36.8 Å². The molecular weight excluding hydrogens is 284 g/mol. The van der Waals surface area contributed by atoms with Crippen LogP contribution in [0.1, 0.15) is 44.2 Å². The summed E-state index contributed by atoms with van der Waals surface area (Å²) in [6.45, 7) is 6.44. The second kappa shape index (κ2) is 6.46. The Labute approximate surface area is 128 Å². The Bertz CT molecular complexity index is 580. The van der Waals surface area contributed by atoms with Gasteiger partial charge in [0.15, 0.2) is 0 Å². The minimum absolute atomic E-state index is 0.0433. The van der Waals surface area contributed by atoms with E-state index >= 15 is 0 Å². The highest BCUT2D eigenvalue weighted by Crippen LogP contribution is 2.45. The summed E-state index contributed by atoms with van der Waals surface area (Å²) in [7, 11) is -3.12. The summed E-state index contributed by atoms with van der Waals surface area (Å²) < 4.78 is 26.1. The Morgan fingerprint density at radius 1 is 1.33 bits per heavy atom. The van der Waals surface area contributed by atoms with Crippen LogP contribution in [0.25, 0.3) is 0 Å². The molecule has 1 aliphatic carbocycles. The number of aryl methyl sites for hydroxylation is 1. The molecule has 2 rings (SSSR count). The van der Waals surface area contributed by atoms with Crippen molar-refractivity contribution >= 4 is 10.0 Å².